The lowest BCUT2D eigenvalue weighted by atomic mass is 10.2. The van der Waals surface area contributed by atoms with Crippen molar-refractivity contribution in [2.75, 3.05) is 0 Å². The zero-order chi connectivity index (χ0) is 14.7. The van der Waals surface area contributed by atoms with Crippen LogP contribution in [-0.2, 0) is 5.75 Å². The number of benzene rings is 2. The van der Waals surface area contributed by atoms with Crippen molar-refractivity contribution in [3.05, 3.63) is 65.5 Å². The molecule has 0 spiro atoms. The summed E-state index contributed by atoms with van der Waals surface area (Å²) in [5.74, 6) is 0.385. The van der Waals surface area contributed by atoms with Crippen LogP contribution < -0.4 is 0 Å². The average Bonchev–Trinajstić information content (AvgIpc) is 2.94. The highest BCUT2D eigenvalue weighted by atomic mass is 32.2. The second kappa shape index (κ2) is 6.05. The van der Waals surface area contributed by atoms with E-state index in [-0.39, 0.29) is 5.82 Å². The minimum Gasteiger partial charge on any atom is -0.207 e. The maximum absolute atomic E-state index is 13.2. The van der Waals surface area contributed by atoms with Crippen molar-refractivity contribution in [2.45, 2.75) is 17.8 Å². The number of para-hydroxylation sites is 1. The van der Waals surface area contributed by atoms with Crippen molar-refractivity contribution in [2.24, 2.45) is 0 Å². The van der Waals surface area contributed by atoms with Crippen LogP contribution in [0.5, 0.6) is 0 Å². The third-order valence-electron chi connectivity index (χ3n) is 3.04. The Bertz CT molecular complexity index is 757. The van der Waals surface area contributed by atoms with Crippen LogP contribution in [0.3, 0.4) is 0 Å². The van der Waals surface area contributed by atoms with Gasteiger partial charge < -0.3 is 0 Å². The first-order chi connectivity index (χ1) is 10.2. The van der Waals surface area contributed by atoms with E-state index in [1.54, 1.807) is 10.7 Å². The molecule has 0 bridgehead atoms. The molecule has 0 aliphatic heterocycles. The van der Waals surface area contributed by atoms with Gasteiger partial charge in [-0.2, -0.15) is 4.68 Å². The van der Waals surface area contributed by atoms with Crippen LogP contribution >= 0.6 is 11.8 Å². The number of hydrogen-bond acceptors (Lipinski definition) is 4. The third kappa shape index (κ3) is 3.11. The summed E-state index contributed by atoms with van der Waals surface area (Å²) >= 11 is 1.48. The summed E-state index contributed by atoms with van der Waals surface area (Å²) in [6, 6.07) is 14.5. The summed E-state index contributed by atoms with van der Waals surface area (Å²) in [6.07, 6.45) is 0. The zero-order valence-electron chi connectivity index (χ0n) is 11.4. The molecule has 1 aromatic heterocycles. The lowest BCUT2D eigenvalue weighted by Crippen LogP contribution is -2.01. The zero-order valence-corrected chi connectivity index (χ0v) is 12.2. The molecule has 0 atom stereocenters. The maximum Gasteiger partial charge on any atom is 0.214 e. The van der Waals surface area contributed by atoms with Gasteiger partial charge in [0.1, 0.15) is 5.82 Å². The summed E-state index contributed by atoms with van der Waals surface area (Å²) in [5.41, 5.74) is 2.95. The molecule has 2 aromatic carbocycles. The molecule has 21 heavy (non-hydrogen) atoms. The van der Waals surface area contributed by atoms with E-state index in [4.69, 9.17) is 0 Å². The molecule has 3 rings (SSSR count). The maximum atomic E-state index is 13.2. The number of hydrogen-bond donors (Lipinski definition) is 0. The second-order valence-corrected chi connectivity index (χ2v) is 5.52. The van der Waals surface area contributed by atoms with E-state index in [0.717, 1.165) is 16.8 Å². The Balaban J connectivity index is 1.82. The second-order valence-electron chi connectivity index (χ2n) is 4.58. The van der Waals surface area contributed by atoms with Crippen LogP contribution in [0.1, 0.15) is 11.1 Å². The Morgan fingerprint density at radius 3 is 2.81 bits per heavy atom. The molecule has 0 fully saturated rings. The van der Waals surface area contributed by atoms with Crippen molar-refractivity contribution < 1.29 is 4.39 Å². The Labute approximate surface area is 126 Å². The van der Waals surface area contributed by atoms with Crippen LogP contribution in [0.4, 0.5) is 4.39 Å². The molecule has 4 nitrogen and oxygen atoms in total. The van der Waals surface area contributed by atoms with Gasteiger partial charge >= 0.3 is 0 Å². The highest BCUT2D eigenvalue weighted by Crippen LogP contribution is 2.23. The number of halogens is 1. The Morgan fingerprint density at radius 2 is 2.00 bits per heavy atom. The average molecular weight is 300 g/mol. The molecular weight excluding hydrogens is 287 g/mol. The minimum absolute atomic E-state index is 0.230. The first-order valence-corrected chi connectivity index (χ1v) is 7.44. The predicted octanol–water partition coefficient (Wildman–Crippen LogP) is 3.40. The summed E-state index contributed by atoms with van der Waals surface area (Å²) in [6.45, 7) is 2.01. The van der Waals surface area contributed by atoms with E-state index in [1.165, 1.54) is 23.9 Å². The molecule has 0 unspecified atom stereocenters. The molecule has 6 heteroatoms. The van der Waals surface area contributed by atoms with Crippen LogP contribution in [-0.4, -0.2) is 20.2 Å². The van der Waals surface area contributed by atoms with Crippen molar-refractivity contribution in [1.82, 2.24) is 20.2 Å². The van der Waals surface area contributed by atoms with E-state index < -0.39 is 0 Å². The minimum atomic E-state index is -0.230. The normalized spacial score (nSPS) is 10.8. The van der Waals surface area contributed by atoms with Crippen LogP contribution in [0.15, 0.2) is 53.7 Å². The largest absolute Gasteiger partial charge is 0.214 e. The molecule has 0 amide bonds. The van der Waals surface area contributed by atoms with Gasteiger partial charge in [-0.05, 0) is 46.7 Å². The monoisotopic (exact) mass is 300 g/mol. The quantitative estimate of drug-likeness (QED) is 0.693. The standard InChI is InChI=1S/C15H13FN4S/c1-11-5-2-3-8-14(11)20-15(17-18-19-20)21-10-12-6-4-7-13(16)9-12/h2-9H,10H2,1H3. The molecule has 106 valence electrons. The van der Waals surface area contributed by atoms with Gasteiger partial charge in [0.2, 0.25) is 5.16 Å². The number of rotatable bonds is 4. The molecule has 3 aromatic rings. The number of nitrogens with zero attached hydrogens (tertiary/aromatic N) is 4. The molecule has 0 aliphatic rings. The molecule has 0 saturated heterocycles. The number of thioether (sulfide) groups is 1. The molecule has 0 radical (unpaired) electrons. The Hall–Kier alpha value is -2.21. The van der Waals surface area contributed by atoms with Crippen LogP contribution in [0.2, 0.25) is 0 Å². The van der Waals surface area contributed by atoms with Crippen LogP contribution in [0.25, 0.3) is 5.69 Å². The summed E-state index contributed by atoms with van der Waals surface area (Å²) in [7, 11) is 0. The highest BCUT2D eigenvalue weighted by molar-refractivity contribution is 7.98. The van der Waals surface area contributed by atoms with Gasteiger partial charge in [-0.15, -0.1) is 5.10 Å². The van der Waals surface area contributed by atoms with Crippen molar-refractivity contribution in [3.63, 3.8) is 0 Å². The molecule has 0 aliphatic carbocycles. The molecule has 0 N–H and O–H groups in total. The van der Waals surface area contributed by atoms with Gasteiger partial charge in [0, 0.05) is 5.75 Å². The van der Waals surface area contributed by atoms with Gasteiger partial charge in [-0.3, -0.25) is 0 Å². The number of tetrazole rings is 1. The Morgan fingerprint density at radius 1 is 1.14 bits per heavy atom. The first-order valence-electron chi connectivity index (χ1n) is 6.45. The topological polar surface area (TPSA) is 43.6 Å². The van der Waals surface area contributed by atoms with E-state index in [1.807, 2.05) is 37.3 Å². The summed E-state index contributed by atoms with van der Waals surface area (Å²) < 4.78 is 14.9. The highest BCUT2D eigenvalue weighted by Gasteiger charge is 2.10. The fraction of sp³-hybridized carbons (Fsp3) is 0.133. The van der Waals surface area contributed by atoms with Gasteiger partial charge in [-0.25, -0.2) is 4.39 Å². The smallest absolute Gasteiger partial charge is 0.207 e. The van der Waals surface area contributed by atoms with E-state index in [2.05, 4.69) is 15.5 Å². The van der Waals surface area contributed by atoms with Crippen LogP contribution in [0, 0.1) is 12.7 Å². The van der Waals surface area contributed by atoms with E-state index in [9.17, 15) is 4.39 Å². The SMILES string of the molecule is Cc1ccccc1-n1nnnc1SCc1cccc(F)c1. The summed E-state index contributed by atoms with van der Waals surface area (Å²) in [5, 5.41) is 12.5. The first kappa shape index (κ1) is 13.8. The van der Waals surface area contributed by atoms with Crippen molar-refractivity contribution >= 4 is 11.8 Å². The lowest BCUT2D eigenvalue weighted by molar-refractivity contribution is 0.626. The molecular formula is C15H13FN4S. The van der Waals surface area contributed by atoms with E-state index >= 15 is 0 Å². The van der Waals surface area contributed by atoms with E-state index in [0.29, 0.717) is 10.9 Å². The van der Waals surface area contributed by atoms with Gasteiger partial charge in [0.15, 0.2) is 0 Å². The Kier molecular flexibility index (Phi) is 3.96. The molecule has 0 saturated carbocycles. The van der Waals surface area contributed by atoms with Crippen molar-refractivity contribution in [3.8, 4) is 5.69 Å². The van der Waals surface area contributed by atoms with Crippen molar-refractivity contribution in [1.29, 1.82) is 0 Å². The predicted molar refractivity (Wildman–Crippen MR) is 79.9 cm³/mol. The van der Waals surface area contributed by atoms with Gasteiger partial charge in [0.25, 0.3) is 0 Å². The third-order valence-corrected chi connectivity index (χ3v) is 4.03. The van der Waals surface area contributed by atoms with Gasteiger partial charge in [0.05, 0.1) is 5.69 Å². The lowest BCUT2D eigenvalue weighted by Gasteiger charge is -2.07. The number of aromatic nitrogens is 4. The van der Waals surface area contributed by atoms with Gasteiger partial charge in [-0.1, -0.05) is 42.1 Å². The fourth-order valence-electron chi connectivity index (χ4n) is 2.00. The molecule has 1 heterocycles. The summed E-state index contributed by atoms with van der Waals surface area (Å²) in [4.78, 5) is 0. The fourth-order valence-corrected chi connectivity index (χ4v) is 2.82. The number of aryl methyl sites for hydroxylation is 1.